The van der Waals surface area contributed by atoms with Gasteiger partial charge in [-0.25, -0.2) is 0 Å². The Labute approximate surface area is 83.3 Å². The number of hydrogen-bond donors (Lipinski definition) is 0. The molecule has 0 aromatic carbocycles. The van der Waals surface area contributed by atoms with Crippen LogP contribution in [0.25, 0.3) is 0 Å². The highest BCUT2D eigenvalue weighted by Crippen LogP contribution is 2.34. The summed E-state index contributed by atoms with van der Waals surface area (Å²) in [4.78, 5) is 1.51. The van der Waals surface area contributed by atoms with Crippen LogP contribution in [-0.2, 0) is 0 Å². The first kappa shape index (κ1) is 11.8. The van der Waals surface area contributed by atoms with E-state index >= 15 is 0 Å². The van der Waals surface area contributed by atoms with Gasteiger partial charge in [0.25, 0.3) is 0 Å². The first-order valence-corrected chi connectivity index (χ1v) is 4.97. The molecule has 1 aliphatic heterocycles. The minimum Gasteiger partial charge on any atom is -0.295 e. The fourth-order valence-corrected chi connectivity index (χ4v) is 1.94. The van der Waals surface area contributed by atoms with Gasteiger partial charge in [-0.2, -0.15) is 13.2 Å². The van der Waals surface area contributed by atoms with Gasteiger partial charge in [0.05, 0.1) is 6.54 Å². The molecule has 0 aliphatic carbocycles. The molecular weight excluding hydrogens is 191 g/mol. The molecule has 0 aromatic rings. The van der Waals surface area contributed by atoms with Crippen LogP contribution >= 0.6 is 0 Å². The molecule has 1 heterocycles. The average Bonchev–Trinajstić information content (AvgIpc) is 2.29. The van der Waals surface area contributed by atoms with Crippen molar-refractivity contribution >= 4 is 0 Å². The standard InChI is InChI=1S/C10H18F3N/c1-9(2,3)8-4-5-14(6-8)7-10(11,12)13/h8H,4-7H2,1-3H3/t8-/m0/s1. The van der Waals surface area contributed by atoms with Crippen molar-refractivity contribution in [1.29, 1.82) is 0 Å². The van der Waals surface area contributed by atoms with Crippen molar-refractivity contribution < 1.29 is 13.2 Å². The van der Waals surface area contributed by atoms with Crippen LogP contribution < -0.4 is 0 Å². The van der Waals surface area contributed by atoms with Crippen molar-refractivity contribution in [3.8, 4) is 0 Å². The topological polar surface area (TPSA) is 3.24 Å². The molecule has 0 unspecified atom stereocenters. The fraction of sp³-hybridized carbons (Fsp3) is 1.00. The maximum Gasteiger partial charge on any atom is 0.401 e. The van der Waals surface area contributed by atoms with Crippen molar-refractivity contribution in [2.45, 2.75) is 33.4 Å². The molecule has 1 saturated heterocycles. The molecule has 14 heavy (non-hydrogen) atoms. The quantitative estimate of drug-likeness (QED) is 0.641. The average molecular weight is 209 g/mol. The van der Waals surface area contributed by atoms with Crippen molar-refractivity contribution in [1.82, 2.24) is 4.90 Å². The normalized spacial score (nSPS) is 25.7. The van der Waals surface area contributed by atoms with E-state index in [-0.39, 0.29) is 5.41 Å². The summed E-state index contributed by atoms with van der Waals surface area (Å²) in [6.07, 6.45) is -3.16. The van der Waals surface area contributed by atoms with Gasteiger partial charge in [0.15, 0.2) is 0 Å². The van der Waals surface area contributed by atoms with E-state index in [4.69, 9.17) is 0 Å². The highest BCUT2D eigenvalue weighted by atomic mass is 19.4. The highest BCUT2D eigenvalue weighted by Gasteiger charge is 2.37. The lowest BCUT2D eigenvalue weighted by atomic mass is 9.80. The minimum absolute atomic E-state index is 0.125. The van der Waals surface area contributed by atoms with Crippen molar-refractivity contribution in [3.05, 3.63) is 0 Å². The van der Waals surface area contributed by atoms with Crippen LogP contribution in [-0.4, -0.2) is 30.7 Å². The second-order valence-electron chi connectivity index (χ2n) is 5.20. The first-order chi connectivity index (χ1) is 6.18. The third kappa shape index (κ3) is 3.48. The Morgan fingerprint density at radius 2 is 1.79 bits per heavy atom. The minimum atomic E-state index is -4.05. The second kappa shape index (κ2) is 3.72. The summed E-state index contributed by atoms with van der Waals surface area (Å²) >= 11 is 0. The van der Waals surface area contributed by atoms with Crippen LogP contribution in [0.15, 0.2) is 0 Å². The van der Waals surface area contributed by atoms with E-state index in [1.807, 2.05) is 0 Å². The van der Waals surface area contributed by atoms with Crippen LogP contribution in [0.4, 0.5) is 13.2 Å². The monoisotopic (exact) mass is 209 g/mol. The van der Waals surface area contributed by atoms with Gasteiger partial charge in [-0.1, -0.05) is 20.8 Å². The summed E-state index contributed by atoms with van der Waals surface area (Å²) < 4.78 is 36.3. The molecule has 0 radical (unpaired) electrons. The van der Waals surface area contributed by atoms with E-state index in [9.17, 15) is 13.2 Å². The predicted octanol–water partition coefficient (Wildman–Crippen LogP) is 2.92. The van der Waals surface area contributed by atoms with Crippen molar-refractivity contribution in [2.75, 3.05) is 19.6 Å². The summed E-state index contributed by atoms with van der Waals surface area (Å²) in [6, 6.07) is 0. The molecule has 0 aromatic heterocycles. The third-order valence-electron chi connectivity index (χ3n) is 2.90. The van der Waals surface area contributed by atoms with Crippen LogP contribution in [0.5, 0.6) is 0 Å². The Morgan fingerprint density at radius 1 is 1.21 bits per heavy atom. The van der Waals surface area contributed by atoms with Crippen LogP contribution in [0.1, 0.15) is 27.2 Å². The van der Waals surface area contributed by atoms with Gasteiger partial charge in [0.2, 0.25) is 0 Å². The van der Waals surface area contributed by atoms with Crippen molar-refractivity contribution in [3.63, 3.8) is 0 Å². The number of likely N-dealkylation sites (tertiary alicyclic amines) is 1. The molecule has 1 nitrogen and oxygen atoms in total. The van der Waals surface area contributed by atoms with E-state index < -0.39 is 12.7 Å². The van der Waals surface area contributed by atoms with Gasteiger partial charge in [-0.15, -0.1) is 0 Å². The van der Waals surface area contributed by atoms with E-state index in [0.29, 0.717) is 19.0 Å². The molecule has 0 saturated carbocycles. The zero-order chi connectivity index (χ0) is 11.0. The second-order valence-corrected chi connectivity index (χ2v) is 5.20. The Balaban J connectivity index is 2.42. The molecule has 1 rings (SSSR count). The molecule has 0 N–H and O–H groups in total. The maximum atomic E-state index is 12.1. The SMILES string of the molecule is CC(C)(C)[C@H]1CCN(CC(F)(F)F)C1. The van der Waals surface area contributed by atoms with Gasteiger partial charge in [-0.05, 0) is 24.3 Å². The Bertz CT molecular complexity index is 193. The molecule has 0 bridgehead atoms. The van der Waals surface area contributed by atoms with Gasteiger partial charge < -0.3 is 0 Å². The Hall–Kier alpha value is -0.250. The molecule has 4 heteroatoms. The number of rotatable bonds is 1. The van der Waals surface area contributed by atoms with Gasteiger partial charge in [-0.3, -0.25) is 4.90 Å². The predicted molar refractivity (Wildman–Crippen MR) is 50.1 cm³/mol. The molecule has 1 aliphatic rings. The van der Waals surface area contributed by atoms with E-state index in [1.165, 1.54) is 4.90 Å². The lowest BCUT2D eigenvalue weighted by Crippen LogP contribution is -2.33. The number of hydrogen-bond acceptors (Lipinski definition) is 1. The van der Waals surface area contributed by atoms with Crippen LogP contribution in [0.2, 0.25) is 0 Å². The molecule has 1 fully saturated rings. The molecule has 0 spiro atoms. The molecule has 0 amide bonds. The summed E-state index contributed by atoms with van der Waals surface area (Å²) in [6.45, 7) is 6.70. The molecule has 1 atom stereocenters. The molecule has 84 valence electrons. The largest absolute Gasteiger partial charge is 0.401 e. The van der Waals surface area contributed by atoms with E-state index in [2.05, 4.69) is 20.8 Å². The summed E-state index contributed by atoms with van der Waals surface area (Å²) in [5.74, 6) is 0.393. The van der Waals surface area contributed by atoms with Gasteiger partial charge in [0, 0.05) is 6.54 Å². The maximum absolute atomic E-state index is 12.1. The lowest BCUT2D eigenvalue weighted by molar-refractivity contribution is -0.144. The smallest absolute Gasteiger partial charge is 0.295 e. The van der Waals surface area contributed by atoms with E-state index in [1.54, 1.807) is 0 Å². The zero-order valence-electron chi connectivity index (χ0n) is 8.99. The van der Waals surface area contributed by atoms with Gasteiger partial charge >= 0.3 is 6.18 Å². The summed E-state index contributed by atoms with van der Waals surface area (Å²) in [7, 11) is 0. The lowest BCUT2D eigenvalue weighted by Gasteiger charge is -2.27. The van der Waals surface area contributed by atoms with Gasteiger partial charge in [0.1, 0.15) is 0 Å². The van der Waals surface area contributed by atoms with E-state index in [0.717, 1.165) is 6.42 Å². The van der Waals surface area contributed by atoms with Crippen molar-refractivity contribution in [2.24, 2.45) is 11.3 Å². The summed E-state index contributed by atoms with van der Waals surface area (Å²) in [5, 5.41) is 0. The first-order valence-electron chi connectivity index (χ1n) is 4.97. The van der Waals surface area contributed by atoms with Crippen LogP contribution in [0, 0.1) is 11.3 Å². The fourth-order valence-electron chi connectivity index (χ4n) is 1.94. The number of nitrogens with zero attached hydrogens (tertiary/aromatic N) is 1. The number of alkyl halides is 3. The summed E-state index contributed by atoms with van der Waals surface area (Å²) in [5.41, 5.74) is 0.125. The van der Waals surface area contributed by atoms with Crippen LogP contribution in [0.3, 0.4) is 0 Å². The molecular formula is C10H18F3N. The Morgan fingerprint density at radius 3 is 2.14 bits per heavy atom. The third-order valence-corrected chi connectivity index (χ3v) is 2.90. The zero-order valence-corrected chi connectivity index (χ0v) is 8.99. The highest BCUT2D eigenvalue weighted by molar-refractivity contribution is 4.84. The Kier molecular flexibility index (Phi) is 3.14. The number of halogens is 3.